The summed E-state index contributed by atoms with van der Waals surface area (Å²) >= 11 is 0. The summed E-state index contributed by atoms with van der Waals surface area (Å²) in [5.74, 6) is -6.25. The van der Waals surface area contributed by atoms with Crippen LogP contribution in [0, 0.1) is 5.92 Å². The molecule has 0 saturated heterocycles. The van der Waals surface area contributed by atoms with E-state index in [-0.39, 0.29) is 0 Å². The van der Waals surface area contributed by atoms with E-state index in [1.54, 1.807) is 0 Å². The predicted molar refractivity (Wildman–Crippen MR) is 49.7 cm³/mol. The van der Waals surface area contributed by atoms with Gasteiger partial charge in [-0.05, 0) is 31.6 Å². The van der Waals surface area contributed by atoms with Crippen LogP contribution < -0.4 is 20.2 Å². The van der Waals surface area contributed by atoms with Crippen LogP contribution in [0.3, 0.4) is 0 Å². The van der Waals surface area contributed by atoms with Crippen LogP contribution in [0.15, 0.2) is 0 Å². The van der Waals surface area contributed by atoms with Gasteiger partial charge in [-0.25, -0.2) is 0 Å². The first kappa shape index (κ1) is 16.6. The van der Waals surface area contributed by atoms with E-state index >= 15 is 0 Å². The summed E-state index contributed by atoms with van der Waals surface area (Å²) in [6.45, 7) is 0. The van der Waals surface area contributed by atoms with Gasteiger partial charge < -0.3 is 39.2 Å². The van der Waals surface area contributed by atoms with Crippen molar-refractivity contribution in [2.75, 3.05) is 12.3 Å². The minimum Gasteiger partial charge on any atom is -0.799 e. The van der Waals surface area contributed by atoms with Crippen LogP contribution in [0.25, 0.3) is 0 Å². The molecule has 0 amide bonds. The molecule has 2 atom stereocenters. The van der Waals surface area contributed by atoms with Gasteiger partial charge in [-0.3, -0.25) is 0 Å². The van der Waals surface area contributed by atoms with Crippen LogP contribution in [-0.2, 0) is 18.9 Å². The third kappa shape index (κ3) is 7.81. The zero-order valence-corrected chi connectivity index (χ0v) is 10.2. The molecular weight excluding hydrogens is 267 g/mol. The van der Waals surface area contributed by atoms with Crippen LogP contribution in [0.1, 0.15) is 19.3 Å². The number of aliphatic carboxylic acids is 3. The zero-order chi connectivity index (χ0) is 14.3. The molecule has 0 heterocycles. The molecule has 0 aromatic heterocycles. The molecule has 0 spiro atoms. The molecule has 0 aromatic carbocycles. The van der Waals surface area contributed by atoms with Crippen LogP contribution >= 0.6 is 7.37 Å². The normalized spacial score (nSPS) is 15.6. The summed E-state index contributed by atoms with van der Waals surface area (Å²) < 4.78 is 11.4. The van der Waals surface area contributed by atoms with Crippen LogP contribution in [0.5, 0.6) is 0 Å². The van der Waals surface area contributed by atoms with Crippen LogP contribution in [-0.4, -0.2) is 30.2 Å². The molecule has 0 saturated carbocycles. The summed E-state index contributed by atoms with van der Waals surface area (Å²) in [5, 5.41) is 30.9. The van der Waals surface area contributed by atoms with Crippen molar-refractivity contribution in [3.8, 4) is 0 Å². The van der Waals surface area contributed by atoms with E-state index in [9.17, 15) is 39.2 Å². The zero-order valence-electron chi connectivity index (χ0n) is 9.33. The first-order valence-corrected chi connectivity index (χ1v) is 7.03. The van der Waals surface area contributed by atoms with Crippen molar-refractivity contribution in [1.82, 2.24) is 0 Å². The van der Waals surface area contributed by atoms with E-state index in [2.05, 4.69) is 0 Å². The maximum absolute atomic E-state index is 11.4. The van der Waals surface area contributed by atoms with Crippen molar-refractivity contribution >= 4 is 25.3 Å². The molecule has 1 unspecified atom stereocenters. The number of carboxylic acids is 3. The molecule has 0 rings (SSSR count). The van der Waals surface area contributed by atoms with Gasteiger partial charge in [0.25, 0.3) is 0 Å². The minimum absolute atomic E-state index is 0.442. The summed E-state index contributed by atoms with van der Waals surface area (Å²) in [6.07, 6.45) is -3.36. The number of carbonyl (C=O) groups is 3. The van der Waals surface area contributed by atoms with Gasteiger partial charge in [-0.1, -0.05) is 0 Å². The second kappa shape index (κ2) is 7.13. The molecule has 0 aromatic rings. The molecule has 0 N–H and O–H groups in total. The summed E-state index contributed by atoms with van der Waals surface area (Å²) in [7, 11) is -4.22. The number of hydrogen-bond donors (Lipinski definition) is 0. The Hall–Kier alpha value is -1.40. The van der Waals surface area contributed by atoms with Crippen LogP contribution in [0.4, 0.5) is 0 Å². The molecule has 8 nitrogen and oxygen atoms in total. The Labute approximate surface area is 103 Å². The lowest BCUT2D eigenvalue weighted by Crippen LogP contribution is -2.36. The maximum Gasteiger partial charge on any atom is 0.0449 e. The highest BCUT2D eigenvalue weighted by atomic mass is 31.2. The topological polar surface area (TPSA) is 161 Å². The van der Waals surface area contributed by atoms with Gasteiger partial charge in [0, 0.05) is 31.2 Å². The molecule has 0 aliphatic heterocycles. The first-order chi connectivity index (χ1) is 8.14. The van der Waals surface area contributed by atoms with Gasteiger partial charge in [0.15, 0.2) is 0 Å². The number of rotatable bonds is 9. The van der Waals surface area contributed by atoms with E-state index < -0.39 is 62.8 Å². The highest BCUT2D eigenvalue weighted by Crippen LogP contribution is 2.39. The fourth-order valence-corrected chi connectivity index (χ4v) is 2.97. The molecule has 104 valence electrons. The van der Waals surface area contributed by atoms with Gasteiger partial charge >= 0.3 is 0 Å². The number of hydrogen-bond acceptors (Lipinski definition) is 8. The third-order valence-electron chi connectivity index (χ3n) is 2.19. The highest BCUT2D eigenvalue weighted by Gasteiger charge is 2.18. The van der Waals surface area contributed by atoms with Crippen molar-refractivity contribution < 1.29 is 39.2 Å². The fourth-order valence-electron chi connectivity index (χ4n) is 1.26. The standard InChI is InChI=1S/C9H15O8P/c10-7(11)2-1-6(9(14)15)5-18(16,17)4-3-8(12)13/h6H,1-5H2,(H,10,11)(H,12,13)(H,14,15)(H,16,17)/p-4/t6-/m1/s1. The molecule has 18 heavy (non-hydrogen) atoms. The molecule has 0 aliphatic rings. The van der Waals surface area contributed by atoms with E-state index in [0.29, 0.717) is 0 Å². The Bertz CT molecular complexity index is 377. The molecule has 0 fully saturated rings. The average Bonchev–Trinajstić information content (AvgIpc) is 2.21. The van der Waals surface area contributed by atoms with Gasteiger partial charge in [0.1, 0.15) is 0 Å². The monoisotopic (exact) mass is 278 g/mol. The first-order valence-electron chi connectivity index (χ1n) is 5.03. The predicted octanol–water partition coefficient (Wildman–Crippen LogP) is -4.34. The Morgan fingerprint density at radius 2 is 1.50 bits per heavy atom. The molecule has 9 heteroatoms. The highest BCUT2D eigenvalue weighted by molar-refractivity contribution is 7.56. The summed E-state index contributed by atoms with van der Waals surface area (Å²) in [4.78, 5) is 42.2. The van der Waals surface area contributed by atoms with Crippen LogP contribution in [0.2, 0.25) is 0 Å². The van der Waals surface area contributed by atoms with E-state index in [1.165, 1.54) is 0 Å². The lowest BCUT2D eigenvalue weighted by molar-refractivity contribution is -0.312. The Balaban J connectivity index is 4.46. The summed E-state index contributed by atoms with van der Waals surface area (Å²) in [5.41, 5.74) is 0. The van der Waals surface area contributed by atoms with Crippen molar-refractivity contribution in [2.24, 2.45) is 5.92 Å². The quantitative estimate of drug-likeness (QED) is 0.382. The van der Waals surface area contributed by atoms with Gasteiger partial charge in [0.2, 0.25) is 0 Å². The molecule has 0 aliphatic carbocycles. The van der Waals surface area contributed by atoms with Gasteiger partial charge in [0.05, 0.1) is 0 Å². The van der Waals surface area contributed by atoms with Crippen molar-refractivity contribution in [3.63, 3.8) is 0 Å². The number of carboxylic acid groups (broad SMARTS) is 3. The maximum atomic E-state index is 11.4. The summed E-state index contributed by atoms with van der Waals surface area (Å²) in [6, 6.07) is 0. The largest absolute Gasteiger partial charge is 0.799 e. The molecule has 0 radical (unpaired) electrons. The van der Waals surface area contributed by atoms with Gasteiger partial charge in [-0.15, -0.1) is 0 Å². The van der Waals surface area contributed by atoms with Crippen molar-refractivity contribution in [1.29, 1.82) is 0 Å². The fraction of sp³-hybridized carbons (Fsp3) is 0.667. The number of carbonyl (C=O) groups excluding carboxylic acids is 3. The smallest absolute Gasteiger partial charge is 0.0449 e. The Morgan fingerprint density at radius 1 is 1.00 bits per heavy atom. The second-order valence-electron chi connectivity index (χ2n) is 3.77. The van der Waals surface area contributed by atoms with E-state index in [0.717, 1.165) is 0 Å². The Morgan fingerprint density at radius 3 is 1.89 bits per heavy atom. The molecular formula is C9H11O8P-4. The average molecular weight is 278 g/mol. The lowest BCUT2D eigenvalue weighted by atomic mass is 10.1. The van der Waals surface area contributed by atoms with Gasteiger partial charge in [-0.2, -0.15) is 0 Å². The minimum atomic E-state index is -4.22. The van der Waals surface area contributed by atoms with Crippen molar-refractivity contribution in [3.05, 3.63) is 0 Å². The second-order valence-corrected chi connectivity index (χ2v) is 6.21. The Kier molecular flexibility index (Phi) is 6.57. The van der Waals surface area contributed by atoms with E-state index in [1.807, 2.05) is 0 Å². The SMILES string of the molecule is O=C([O-])CC[C@H](CP(=O)([O-])CCC(=O)[O-])C(=O)[O-]. The van der Waals surface area contributed by atoms with Crippen molar-refractivity contribution in [2.45, 2.75) is 19.3 Å². The van der Waals surface area contributed by atoms with E-state index in [4.69, 9.17) is 0 Å². The molecule has 0 bridgehead atoms. The lowest BCUT2D eigenvalue weighted by Gasteiger charge is -2.29. The third-order valence-corrected chi connectivity index (χ3v) is 4.09.